The van der Waals surface area contributed by atoms with Gasteiger partial charge in [-0.3, -0.25) is 10.1 Å². The predicted octanol–water partition coefficient (Wildman–Crippen LogP) is 1.77. The van der Waals surface area contributed by atoms with Crippen molar-refractivity contribution in [3.63, 3.8) is 0 Å². The number of nitro groups is 1. The average molecular weight is 249 g/mol. The lowest BCUT2D eigenvalue weighted by Gasteiger charge is -2.24. The molecule has 7 nitrogen and oxygen atoms in total. The van der Waals surface area contributed by atoms with Crippen molar-refractivity contribution in [1.82, 2.24) is 4.98 Å². The number of anilines is 2. The summed E-state index contributed by atoms with van der Waals surface area (Å²) in [6.45, 7) is 1.86. The first kappa shape index (κ1) is 13.7. The maximum Gasteiger partial charge on any atom is 0.276 e. The number of hydrogen-bond donors (Lipinski definition) is 1. The minimum Gasteiger partial charge on any atom is -0.373 e. The van der Waals surface area contributed by atoms with Crippen molar-refractivity contribution in [3.8, 4) is 6.07 Å². The van der Waals surface area contributed by atoms with Gasteiger partial charge in [0.15, 0.2) is 0 Å². The Kier molecular flexibility index (Phi) is 4.43. The molecule has 1 rings (SSSR count). The minimum atomic E-state index is -0.463. The standard InChI is InChI=1S/C11H15N5O2/c1-8(4-5-12)15(3)11-7-9(16(17)18)6-10(13-2)14-11/h6-8H,4H2,1-3H3,(H,13,14). The van der Waals surface area contributed by atoms with E-state index in [1.54, 1.807) is 19.0 Å². The quantitative estimate of drug-likeness (QED) is 0.631. The molecule has 18 heavy (non-hydrogen) atoms. The van der Waals surface area contributed by atoms with Gasteiger partial charge in [-0.05, 0) is 6.92 Å². The van der Waals surface area contributed by atoms with Gasteiger partial charge in [-0.25, -0.2) is 4.98 Å². The Balaban J connectivity index is 3.11. The monoisotopic (exact) mass is 249 g/mol. The molecule has 0 aliphatic heterocycles. The zero-order valence-electron chi connectivity index (χ0n) is 10.5. The fourth-order valence-corrected chi connectivity index (χ4v) is 1.41. The maximum atomic E-state index is 10.8. The van der Waals surface area contributed by atoms with Crippen molar-refractivity contribution < 1.29 is 4.92 Å². The molecule has 0 spiro atoms. The molecule has 1 aromatic heterocycles. The SMILES string of the molecule is CNc1cc([N+](=O)[O-])cc(N(C)C(C)CC#N)n1. The normalized spacial score (nSPS) is 11.4. The Labute approximate surface area is 105 Å². The van der Waals surface area contributed by atoms with E-state index in [4.69, 9.17) is 5.26 Å². The molecule has 1 N–H and O–H groups in total. The summed E-state index contributed by atoms with van der Waals surface area (Å²) >= 11 is 0. The Morgan fingerprint density at radius 3 is 2.83 bits per heavy atom. The molecule has 1 unspecified atom stereocenters. The van der Waals surface area contributed by atoms with E-state index in [1.807, 2.05) is 6.92 Å². The van der Waals surface area contributed by atoms with Crippen LogP contribution in [0.25, 0.3) is 0 Å². The van der Waals surface area contributed by atoms with Crippen molar-refractivity contribution >= 4 is 17.3 Å². The number of nitriles is 1. The van der Waals surface area contributed by atoms with Gasteiger partial charge in [0, 0.05) is 20.1 Å². The molecule has 0 aliphatic carbocycles. The van der Waals surface area contributed by atoms with E-state index < -0.39 is 4.92 Å². The highest BCUT2D eigenvalue weighted by Gasteiger charge is 2.16. The van der Waals surface area contributed by atoms with Crippen molar-refractivity contribution in [3.05, 3.63) is 22.2 Å². The van der Waals surface area contributed by atoms with E-state index in [0.29, 0.717) is 18.1 Å². The summed E-state index contributed by atoms with van der Waals surface area (Å²) in [4.78, 5) is 16.3. The average Bonchev–Trinajstić information content (AvgIpc) is 2.37. The first-order valence-electron chi connectivity index (χ1n) is 5.43. The molecule has 1 atom stereocenters. The smallest absolute Gasteiger partial charge is 0.276 e. The third-order valence-corrected chi connectivity index (χ3v) is 2.67. The molecule has 1 heterocycles. The van der Waals surface area contributed by atoms with Crippen LogP contribution in [-0.2, 0) is 0 Å². The molecule has 0 radical (unpaired) electrons. The van der Waals surface area contributed by atoms with Gasteiger partial charge < -0.3 is 10.2 Å². The van der Waals surface area contributed by atoms with E-state index in [2.05, 4.69) is 16.4 Å². The fraction of sp³-hybridized carbons (Fsp3) is 0.455. The van der Waals surface area contributed by atoms with Crippen LogP contribution in [0.15, 0.2) is 12.1 Å². The van der Waals surface area contributed by atoms with Crippen LogP contribution < -0.4 is 10.2 Å². The summed E-state index contributed by atoms with van der Waals surface area (Å²) < 4.78 is 0. The lowest BCUT2D eigenvalue weighted by atomic mass is 10.2. The van der Waals surface area contributed by atoms with E-state index in [0.717, 1.165) is 0 Å². The Morgan fingerprint density at radius 1 is 1.67 bits per heavy atom. The molecular weight excluding hydrogens is 234 g/mol. The lowest BCUT2D eigenvalue weighted by molar-refractivity contribution is -0.384. The Hall–Kier alpha value is -2.36. The zero-order valence-corrected chi connectivity index (χ0v) is 10.5. The van der Waals surface area contributed by atoms with Gasteiger partial charge in [0.05, 0.1) is 29.5 Å². The fourth-order valence-electron chi connectivity index (χ4n) is 1.41. The second-order valence-corrected chi connectivity index (χ2v) is 3.90. The summed E-state index contributed by atoms with van der Waals surface area (Å²) in [5.74, 6) is 0.895. The number of hydrogen-bond acceptors (Lipinski definition) is 6. The van der Waals surface area contributed by atoms with Gasteiger partial charge in [-0.15, -0.1) is 0 Å². The van der Waals surface area contributed by atoms with E-state index in [9.17, 15) is 10.1 Å². The Bertz CT molecular complexity index is 483. The Morgan fingerprint density at radius 2 is 2.33 bits per heavy atom. The third kappa shape index (κ3) is 3.07. The van der Waals surface area contributed by atoms with Gasteiger partial charge in [0.1, 0.15) is 11.6 Å². The second kappa shape index (κ2) is 5.82. The molecule has 0 aromatic carbocycles. The van der Waals surface area contributed by atoms with E-state index in [-0.39, 0.29) is 11.7 Å². The first-order valence-corrected chi connectivity index (χ1v) is 5.43. The lowest BCUT2D eigenvalue weighted by Crippen LogP contribution is -2.29. The molecule has 0 saturated heterocycles. The maximum absolute atomic E-state index is 10.8. The van der Waals surface area contributed by atoms with Crippen LogP contribution in [0.5, 0.6) is 0 Å². The van der Waals surface area contributed by atoms with Crippen LogP contribution >= 0.6 is 0 Å². The highest BCUT2D eigenvalue weighted by atomic mass is 16.6. The van der Waals surface area contributed by atoms with Gasteiger partial charge in [-0.2, -0.15) is 5.26 Å². The summed E-state index contributed by atoms with van der Waals surface area (Å²) in [7, 11) is 3.40. The molecule has 0 saturated carbocycles. The van der Waals surface area contributed by atoms with Gasteiger partial charge >= 0.3 is 0 Å². The molecule has 96 valence electrons. The third-order valence-electron chi connectivity index (χ3n) is 2.67. The summed E-state index contributed by atoms with van der Waals surface area (Å²) in [5, 5.41) is 22.3. The molecule has 0 bridgehead atoms. The molecule has 0 aliphatic rings. The highest BCUT2D eigenvalue weighted by Crippen LogP contribution is 2.23. The van der Waals surface area contributed by atoms with E-state index >= 15 is 0 Å². The number of nitrogens with zero attached hydrogens (tertiary/aromatic N) is 4. The van der Waals surface area contributed by atoms with Crippen LogP contribution in [0.2, 0.25) is 0 Å². The zero-order chi connectivity index (χ0) is 13.7. The number of rotatable bonds is 5. The number of pyridine rings is 1. The molecular formula is C11H15N5O2. The van der Waals surface area contributed by atoms with E-state index in [1.165, 1.54) is 12.1 Å². The van der Waals surface area contributed by atoms with Crippen LogP contribution in [0.3, 0.4) is 0 Å². The molecule has 0 amide bonds. The van der Waals surface area contributed by atoms with Gasteiger partial charge in [0.2, 0.25) is 0 Å². The van der Waals surface area contributed by atoms with Crippen molar-refractivity contribution in [2.45, 2.75) is 19.4 Å². The second-order valence-electron chi connectivity index (χ2n) is 3.90. The molecule has 0 fully saturated rings. The van der Waals surface area contributed by atoms with Crippen molar-refractivity contribution in [2.24, 2.45) is 0 Å². The van der Waals surface area contributed by atoms with Gasteiger partial charge in [-0.1, -0.05) is 0 Å². The summed E-state index contributed by atoms with van der Waals surface area (Å²) in [6, 6.07) is 4.77. The van der Waals surface area contributed by atoms with Crippen LogP contribution in [0.4, 0.5) is 17.3 Å². The minimum absolute atomic E-state index is 0.0274. The molecule has 1 aromatic rings. The largest absolute Gasteiger partial charge is 0.373 e. The summed E-state index contributed by atoms with van der Waals surface area (Å²) in [5.41, 5.74) is -0.0274. The van der Waals surface area contributed by atoms with Crippen LogP contribution in [0, 0.1) is 21.4 Å². The van der Waals surface area contributed by atoms with Gasteiger partial charge in [0.25, 0.3) is 5.69 Å². The number of aromatic nitrogens is 1. The molecule has 7 heteroatoms. The predicted molar refractivity (Wildman–Crippen MR) is 68.5 cm³/mol. The van der Waals surface area contributed by atoms with Crippen LogP contribution in [0.1, 0.15) is 13.3 Å². The topological polar surface area (TPSA) is 95.1 Å². The number of nitrogens with one attached hydrogen (secondary N) is 1. The van der Waals surface area contributed by atoms with Crippen LogP contribution in [-0.4, -0.2) is 30.0 Å². The summed E-state index contributed by atoms with van der Waals surface area (Å²) in [6.07, 6.45) is 0.329. The highest BCUT2D eigenvalue weighted by molar-refractivity contribution is 5.55. The van der Waals surface area contributed by atoms with Crippen molar-refractivity contribution in [1.29, 1.82) is 5.26 Å². The first-order chi connectivity index (χ1) is 8.49. The van der Waals surface area contributed by atoms with Crippen molar-refractivity contribution in [2.75, 3.05) is 24.3 Å².